The first kappa shape index (κ1) is 15.5. The summed E-state index contributed by atoms with van der Waals surface area (Å²) in [6, 6.07) is 6.58. The van der Waals surface area contributed by atoms with Crippen LogP contribution in [0.2, 0.25) is 0 Å². The van der Waals surface area contributed by atoms with Crippen molar-refractivity contribution in [2.45, 2.75) is 30.8 Å². The number of rotatable bonds is 3. The topological polar surface area (TPSA) is 66.9 Å². The molecule has 0 spiro atoms. The van der Waals surface area contributed by atoms with E-state index < -0.39 is 10.0 Å². The fourth-order valence-corrected chi connectivity index (χ4v) is 4.37. The molecule has 2 heterocycles. The van der Waals surface area contributed by atoms with Gasteiger partial charge in [0.25, 0.3) is 0 Å². The molecule has 1 aromatic carbocycles. The van der Waals surface area contributed by atoms with Gasteiger partial charge in [0.15, 0.2) is 0 Å². The Balaban J connectivity index is 1.81. The predicted octanol–water partition coefficient (Wildman–Crippen LogP) is 1.22. The molecule has 0 unspecified atom stereocenters. The molecule has 2 saturated heterocycles. The Morgan fingerprint density at radius 3 is 2.50 bits per heavy atom. The molecule has 0 aromatic heterocycles. The highest BCUT2D eigenvalue weighted by Crippen LogP contribution is 2.25. The van der Waals surface area contributed by atoms with E-state index in [1.807, 2.05) is 6.92 Å². The molecular weight excluding hydrogens is 304 g/mol. The van der Waals surface area contributed by atoms with Gasteiger partial charge in [-0.05, 0) is 37.6 Å². The van der Waals surface area contributed by atoms with E-state index in [1.54, 1.807) is 29.2 Å². The highest BCUT2D eigenvalue weighted by molar-refractivity contribution is 7.89. The van der Waals surface area contributed by atoms with Gasteiger partial charge in [-0.15, -0.1) is 0 Å². The maximum absolute atomic E-state index is 12.6. The van der Waals surface area contributed by atoms with Gasteiger partial charge in [-0.2, -0.15) is 4.31 Å². The van der Waals surface area contributed by atoms with E-state index in [0.29, 0.717) is 32.7 Å². The quantitative estimate of drug-likeness (QED) is 0.838. The zero-order valence-corrected chi connectivity index (χ0v) is 13.4. The Hall–Kier alpha value is -1.44. The molecule has 3 rings (SSSR count). The molecule has 22 heavy (non-hydrogen) atoms. The number of carbonyl (C=O) groups is 1. The number of benzene rings is 1. The molecule has 0 aliphatic carbocycles. The summed E-state index contributed by atoms with van der Waals surface area (Å²) in [5.74, 6) is 0.0950. The second-order valence-electron chi connectivity index (χ2n) is 5.69. The lowest BCUT2D eigenvalue weighted by Gasteiger charge is -2.30. The molecule has 7 heteroatoms. The molecule has 0 saturated carbocycles. The third-order valence-corrected chi connectivity index (χ3v) is 5.94. The van der Waals surface area contributed by atoms with Crippen LogP contribution in [0.5, 0.6) is 0 Å². The normalized spacial score (nSPS) is 24.0. The maximum atomic E-state index is 12.6. The van der Waals surface area contributed by atoms with Crippen LogP contribution in [0, 0.1) is 0 Å². The number of hydrogen-bond acceptors (Lipinski definition) is 4. The summed E-state index contributed by atoms with van der Waals surface area (Å²) in [6.45, 7) is 3.73. The number of sulfonamides is 1. The van der Waals surface area contributed by atoms with Crippen molar-refractivity contribution >= 4 is 21.6 Å². The molecule has 0 N–H and O–H groups in total. The van der Waals surface area contributed by atoms with Gasteiger partial charge in [-0.3, -0.25) is 4.79 Å². The summed E-state index contributed by atoms with van der Waals surface area (Å²) in [5.41, 5.74) is 0.761. The van der Waals surface area contributed by atoms with E-state index in [2.05, 4.69) is 0 Å². The van der Waals surface area contributed by atoms with Gasteiger partial charge in [0.1, 0.15) is 0 Å². The Bertz CT molecular complexity index is 657. The summed E-state index contributed by atoms with van der Waals surface area (Å²) in [7, 11) is -3.50. The van der Waals surface area contributed by atoms with Gasteiger partial charge >= 0.3 is 0 Å². The van der Waals surface area contributed by atoms with E-state index >= 15 is 0 Å². The number of morpholine rings is 1. The largest absolute Gasteiger partial charge is 0.376 e. The van der Waals surface area contributed by atoms with Crippen LogP contribution < -0.4 is 4.90 Å². The third-order valence-electron chi connectivity index (χ3n) is 4.06. The maximum Gasteiger partial charge on any atom is 0.243 e. The van der Waals surface area contributed by atoms with Crippen molar-refractivity contribution in [2.24, 2.45) is 0 Å². The van der Waals surface area contributed by atoms with Crippen LogP contribution in [0.1, 0.15) is 19.8 Å². The first-order valence-corrected chi connectivity index (χ1v) is 8.95. The minimum absolute atomic E-state index is 0.0926. The second kappa shape index (κ2) is 5.98. The second-order valence-corrected chi connectivity index (χ2v) is 7.63. The van der Waals surface area contributed by atoms with Gasteiger partial charge in [0.2, 0.25) is 15.9 Å². The van der Waals surface area contributed by atoms with Crippen LogP contribution >= 0.6 is 0 Å². The average Bonchev–Trinajstić information content (AvgIpc) is 2.93. The summed E-state index contributed by atoms with van der Waals surface area (Å²) in [5, 5.41) is 0. The fraction of sp³-hybridized carbons (Fsp3) is 0.533. The molecule has 1 aromatic rings. The lowest BCUT2D eigenvalue weighted by molar-refractivity contribution is -0.117. The van der Waals surface area contributed by atoms with Crippen molar-refractivity contribution in [1.29, 1.82) is 0 Å². The van der Waals surface area contributed by atoms with Crippen molar-refractivity contribution < 1.29 is 17.9 Å². The SMILES string of the molecule is C[C@@H]1CN(S(=O)(=O)c2ccc(N3CCCC3=O)cc2)CCO1. The number of carbonyl (C=O) groups excluding carboxylic acids is 1. The average molecular weight is 324 g/mol. The molecule has 120 valence electrons. The Labute approximate surface area is 130 Å². The van der Waals surface area contributed by atoms with E-state index in [0.717, 1.165) is 12.1 Å². The monoisotopic (exact) mass is 324 g/mol. The molecule has 2 aliphatic heterocycles. The van der Waals surface area contributed by atoms with E-state index in [4.69, 9.17) is 4.74 Å². The van der Waals surface area contributed by atoms with E-state index in [-0.39, 0.29) is 16.9 Å². The smallest absolute Gasteiger partial charge is 0.243 e. The Morgan fingerprint density at radius 1 is 1.18 bits per heavy atom. The van der Waals surface area contributed by atoms with Crippen molar-refractivity contribution in [3.8, 4) is 0 Å². The molecule has 1 amide bonds. The fourth-order valence-electron chi connectivity index (χ4n) is 2.87. The van der Waals surface area contributed by atoms with Crippen LogP contribution in [-0.4, -0.2) is 51.0 Å². The van der Waals surface area contributed by atoms with Gasteiger partial charge < -0.3 is 9.64 Å². The van der Waals surface area contributed by atoms with Gasteiger partial charge in [0, 0.05) is 31.7 Å². The third kappa shape index (κ3) is 2.88. The predicted molar refractivity (Wildman–Crippen MR) is 82.2 cm³/mol. The molecule has 0 radical (unpaired) electrons. The minimum Gasteiger partial charge on any atom is -0.376 e. The van der Waals surface area contributed by atoms with Crippen molar-refractivity contribution in [3.63, 3.8) is 0 Å². The van der Waals surface area contributed by atoms with Crippen molar-refractivity contribution in [1.82, 2.24) is 4.31 Å². The van der Waals surface area contributed by atoms with Gasteiger partial charge in [0.05, 0.1) is 17.6 Å². The lowest BCUT2D eigenvalue weighted by Crippen LogP contribution is -2.44. The minimum atomic E-state index is -3.50. The van der Waals surface area contributed by atoms with Gasteiger partial charge in [-0.1, -0.05) is 0 Å². The summed E-state index contributed by atoms with van der Waals surface area (Å²) < 4.78 is 32.1. The number of nitrogens with zero attached hydrogens (tertiary/aromatic N) is 2. The molecule has 2 fully saturated rings. The first-order valence-electron chi connectivity index (χ1n) is 7.50. The van der Waals surface area contributed by atoms with Crippen LogP contribution in [0.3, 0.4) is 0 Å². The standard InChI is InChI=1S/C15H20N2O4S/c1-12-11-16(9-10-21-12)22(19,20)14-6-4-13(5-7-14)17-8-2-3-15(17)18/h4-7,12H,2-3,8-11H2,1H3/t12-/m1/s1. The van der Waals surface area contributed by atoms with Crippen molar-refractivity contribution in [3.05, 3.63) is 24.3 Å². The molecule has 0 bridgehead atoms. The highest BCUT2D eigenvalue weighted by Gasteiger charge is 2.29. The molecule has 6 nitrogen and oxygen atoms in total. The van der Waals surface area contributed by atoms with Gasteiger partial charge in [-0.25, -0.2) is 8.42 Å². The number of ether oxygens (including phenoxy) is 1. The number of amides is 1. The summed E-state index contributed by atoms with van der Waals surface area (Å²) in [4.78, 5) is 13.7. The first-order chi connectivity index (χ1) is 10.5. The summed E-state index contributed by atoms with van der Waals surface area (Å²) in [6.07, 6.45) is 1.32. The molecular formula is C15H20N2O4S. The van der Waals surface area contributed by atoms with Crippen molar-refractivity contribution in [2.75, 3.05) is 31.1 Å². The Kier molecular flexibility index (Phi) is 4.20. The van der Waals surface area contributed by atoms with E-state index in [1.165, 1.54) is 4.31 Å². The van der Waals surface area contributed by atoms with Crippen LogP contribution in [0.25, 0.3) is 0 Å². The van der Waals surface area contributed by atoms with E-state index in [9.17, 15) is 13.2 Å². The van der Waals surface area contributed by atoms with Crippen LogP contribution in [0.4, 0.5) is 5.69 Å². The zero-order chi connectivity index (χ0) is 15.7. The molecule has 1 atom stereocenters. The van der Waals surface area contributed by atoms with Crippen LogP contribution in [0.15, 0.2) is 29.2 Å². The zero-order valence-electron chi connectivity index (χ0n) is 12.6. The Morgan fingerprint density at radius 2 is 1.91 bits per heavy atom. The highest BCUT2D eigenvalue weighted by atomic mass is 32.2. The van der Waals surface area contributed by atoms with Crippen LogP contribution in [-0.2, 0) is 19.6 Å². The number of anilines is 1. The lowest BCUT2D eigenvalue weighted by atomic mass is 10.3. The number of hydrogen-bond donors (Lipinski definition) is 0. The summed E-state index contributed by atoms with van der Waals surface area (Å²) >= 11 is 0. The molecule has 2 aliphatic rings.